The van der Waals surface area contributed by atoms with E-state index < -0.39 is 0 Å². The molecule has 3 nitrogen and oxygen atoms in total. The van der Waals surface area contributed by atoms with Crippen molar-refractivity contribution in [3.63, 3.8) is 0 Å². The van der Waals surface area contributed by atoms with Gasteiger partial charge in [0.05, 0.1) is 0 Å². The molecule has 0 amide bonds. The molecular weight excluding hydrogens is 393 g/mol. The summed E-state index contributed by atoms with van der Waals surface area (Å²) < 4.78 is 11.1. The van der Waals surface area contributed by atoms with Crippen molar-refractivity contribution >= 4 is 24.0 Å². The molecule has 28 heavy (non-hydrogen) atoms. The summed E-state index contributed by atoms with van der Waals surface area (Å²) in [4.78, 5) is 0. The number of hydrogen-bond acceptors (Lipinski definition) is 3. The van der Waals surface area contributed by atoms with Crippen molar-refractivity contribution in [1.29, 1.82) is 0 Å². The minimum absolute atomic E-state index is 0. The number of ether oxygens (including phenoxy) is 2. The highest BCUT2D eigenvalue weighted by atomic mass is 35.5. The third-order valence-electron chi connectivity index (χ3n) is 5.37. The van der Waals surface area contributed by atoms with Crippen LogP contribution in [0.15, 0.2) is 60.7 Å². The van der Waals surface area contributed by atoms with Crippen molar-refractivity contribution in [2.24, 2.45) is 0 Å². The van der Waals surface area contributed by atoms with Crippen molar-refractivity contribution in [3.8, 4) is 22.6 Å². The first kappa shape index (κ1) is 19.1. The molecule has 0 bridgehead atoms. The zero-order chi connectivity index (χ0) is 18.2. The maximum Gasteiger partial charge on any atom is 0.231 e. The largest absolute Gasteiger partial charge is 0.454 e. The van der Waals surface area contributed by atoms with Crippen LogP contribution in [0.2, 0.25) is 5.02 Å². The molecule has 2 aliphatic rings. The fourth-order valence-corrected chi connectivity index (χ4v) is 4.21. The Labute approximate surface area is 176 Å². The van der Waals surface area contributed by atoms with Crippen LogP contribution in [0.25, 0.3) is 11.1 Å². The zero-order valence-electron chi connectivity index (χ0n) is 15.3. The van der Waals surface area contributed by atoms with Gasteiger partial charge in [-0.3, -0.25) is 0 Å². The molecule has 0 saturated heterocycles. The predicted molar refractivity (Wildman–Crippen MR) is 115 cm³/mol. The Morgan fingerprint density at radius 2 is 1.71 bits per heavy atom. The fraction of sp³-hybridized carbons (Fsp3) is 0.217. The highest BCUT2D eigenvalue weighted by Crippen LogP contribution is 2.39. The van der Waals surface area contributed by atoms with Crippen LogP contribution in [0.1, 0.15) is 22.7 Å². The number of benzene rings is 3. The van der Waals surface area contributed by atoms with Gasteiger partial charge in [-0.1, -0.05) is 54.1 Å². The summed E-state index contributed by atoms with van der Waals surface area (Å²) in [6.45, 7) is 1.30. The molecule has 144 valence electrons. The Bertz CT molecular complexity index is 988. The predicted octanol–water partition coefficient (Wildman–Crippen LogP) is 5.59. The van der Waals surface area contributed by atoms with Gasteiger partial charge >= 0.3 is 0 Å². The first-order valence-corrected chi connectivity index (χ1v) is 9.65. The van der Waals surface area contributed by atoms with Crippen LogP contribution in [-0.2, 0) is 12.8 Å². The van der Waals surface area contributed by atoms with Crippen LogP contribution in [0.5, 0.6) is 11.5 Å². The second-order valence-electron chi connectivity index (χ2n) is 7.04. The lowest BCUT2D eigenvalue weighted by Crippen LogP contribution is -2.31. The van der Waals surface area contributed by atoms with Gasteiger partial charge in [-0.15, -0.1) is 12.4 Å². The van der Waals surface area contributed by atoms with E-state index in [1.807, 2.05) is 18.2 Å². The Kier molecular flexibility index (Phi) is 5.49. The molecule has 3 aromatic carbocycles. The van der Waals surface area contributed by atoms with Crippen molar-refractivity contribution < 1.29 is 9.47 Å². The first-order chi connectivity index (χ1) is 13.3. The normalized spacial score (nSPS) is 17.0. The summed E-state index contributed by atoms with van der Waals surface area (Å²) in [5.74, 6) is 1.73. The third-order valence-corrected chi connectivity index (χ3v) is 5.70. The van der Waals surface area contributed by atoms with Crippen molar-refractivity contribution in [2.45, 2.75) is 18.9 Å². The monoisotopic (exact) mass is 413 g/mol. The molecule has 5 rings (SSSR count). The van der Waals surface area contributed by atoms with E-state index in [2.05, 4.69) is 47.8 Å². The average Bonchev–Trinajstić information content (AvgIpc) is 3.15. The summed E-state index contributed by atoms with van der Waals surface area (Å²) in [5, 5.41) is 4.43. The van der Waals surface area contributed by atoms with Gasteiger partial charge in [0, 0.05) is 16.6 Å². The average molecular weight is 414 g/mol. The number of rotatable bonds is 3. The second kappa shape index (κ2) is 8.04. The smallest absolute Gasteiger partial charge is 0.231 e. The number of halogens is 2. The second-order valence-corrected chi connectivity index (χ2v) is 7.45. The van der Waals surface area contributed by atoms with Gasteiger partial charge in [-0.25, -0.2) is 0 Å². The molecule has 0 saturated carbocycles. The summed E-state index contributed by atoms with van der Waals surface area (Å²) in [6.07, 6.45) is 1.96. The van der Waals surface area contributed by atoms with Crippen LogP contribution >= 0.6 is 24.0 Å². The number of nitrogens with one attached hydrogen (secondary N) is 1. The van der Waals surface area contributed by atoms with Crippen molar-refractivity contribution in [1.82, 2.24) is 5.32 Å². The van der Waals surface area contributed by atoms with E-state index in [1.165, 1.54) is 16.7 Å². The highest BCUT2D eigenvalue weighted by molar-refractivity contribution is 6.33. The van der Waals surface area contributed by atoms with E-state index in [0.717, 1.165) is 47.0 Å². The lowest BCUT2D eigenvalue weighted by atomic mass is 9.89. The van der Waals surface area contributed by atoms with Crippen LogP contribution in [0.4, 0.5) is 0 Å². The topological polar surface area (TPSA) is 30.5 Å². The minimum atomic E-state index is 0. The van der Waals surface area contributed by atoms with Crippen LogP contribution < -0.4 is 14.8 Å². The maximum absolute atomic E-state index is 6.32. The van der Waals surface area contributed by atoms with E-state index in [1.54, 1.807) is 0 Å². The molecule has 1 atom stereocenters. The fourth-order valence-electron chi connectivity index (χ4n) is 3.97. The SMILES string of the molecule is Cl.Clc1ccccc1-c1ccc(CC2NCCc3cc4c(cc32)OCO4)cc1. The van der Waals surface area contributed by atoms with E-state index in [9.17, 15) is 0 Å². The molecule has 1 N–H and O–H groups in total. The molecular formula is C23H21Cl2NO2. The van der Waals surface area contributed by atoms with E-state index in [4.69, 9.17) is 21.1 Å². The molecule has 0 aliphatic carbocycles. The quantitative estimate of drug-likeness (QED) is 0.606. The van der Waals surface area contributed by atoms with Crippen molar-refractivity contribution in [2.75, 3.05) is 13.3 Å². The Morgan fingerprint density at radius 1 is 0.964 bits per heavy atom. The summed E-state index contributed by atoms with van der Waals surface area (Å²) in [6, 6.07) is 21.2. The third kappa shape index (κ3) is 3.58. The van der Waals surface area contributed by atoms with Crippen LogP contribution in [0.3, 0.4) is 0 Å². The molecule has 0 spiro atoms. The van der Waals surface area contributed by atoms with E-state index in [0.29, 0.717) is 6.79 Å². The molecule has 3 aromatic rings. The molecule has 5 heteroatoms. The molecule has 0 aromatic heterocycles. The highest BCUT2D eigenvalue weighted by Gasteiger charge is 2.25. The van der Waals surface area contributed by atoms with Gasteiger partial charge in [0.15, 0.2) is 11.5 Å². The molecule has 2 aliphatic heterocycles. The van der Waals surface area contributed by atoms with Crippen LogP contribution in [-0.4, -0.2) is 13.3 Å². The molecule has 0 radical (unpaired) electrons. The Balaban J connectivity index is 0.00000192. The van der Waals surface area contributed by atoms with Gasteiger partial charge in [-0.2, -0.15) is 0 Å². The summed E-state index contributed by atoms with van der Waals surface area (Å²) >= 11 is 6.32. The number of hydrogen-bond donors (Lipinski definition) is 1. The molecule has 2 heterocycles. The van der Waals surface area contributed by atoms with Crippen LogP contribution in [0, 0.1) is 0 Å². The minimum Gasteiger partial charge on any atom is -0.454 e. The van der Waals surface area contributed by atoms with Gasteiger partial charge in [-0.05, 0) is 59.8 Å². The van der Waals surface area contributed by atoms with Gasteiger partial charge in [0.2, 0.25) is 6.79 Å². The van der Waals surface area contributed by atoms with Gasteiger partial charge in [0.1, 0.15) is 0 Å². The molecule has 0 fully saturated rings. The first-order valence-electron chi connectivity index (χ1n) is 9.27. The number of fused-ring (bicyclic) bond motifs is 2. The maximum atomic E-state index is 6.32. The van der Waals surface area contributed by atoms with Gasteiger partial charge < -0.3 is 14.8 Å². The lowest BCUT2D eigenvalue weighted by molar-refractivity contribution is 0.174. The summed E-state index contributed by atoms with van der Waals surface area (Å²) in [5.41, 5.74) is 6.19. The van der Waals surface area contributed by atoms with Gasteiger partial charge in [0.25, 0.3) is 0 Å². The summed E-state index contributed by atoms with van der Waals surface area (Å²) in [7, 11) is 0. The molecule has 1 unspecified atom stereocenters. The van der Waals surface area contributed by atoms with Crippen molar-refractivity contribution in [3.05, 3.63) is 82.4 Å². The van der Waals surface area contributed by atoms with E-state index >= 15 is 0 Å². The Morgan fingerprint density at radius 3 is 2.50 bits per heavy atom. The standard InChI is InChI=1S/C23H20ClNO2.ClH/c24-20-4-2-1-3-18(20)16-7-5-15(6-8-16)11-21-19-13-23-22(26-14-27-23)12-17(19)9-10-25-21;/h1-8,12-13,21,25H,9-11,14H2;1H. The zero-order valence-corrected chi connectivity index (χ0v) is 16.9. The Hall–Kier alpha value is -2.20. The van der Waals surface area contributed by atoms with E-state index in [-0.39, 0.29) is 18.4 Å². The lowest BCUT2D eigenvalue weighted by Gasteiger charge is -2.27.